The van der Waals surface area contributed by atoms with Crippen LogP contribution >= 0.6 is 27.5 Å². The molecule has 0 bridgehead atoms. The highest BCUT2D eigenvalue weighted by Crippen LogP contribution is 2.24. The number of hydrogen-bond acceptors (Lipinski definition) is 3. The van der Waals surface area contributed by atoms with Crippen molar-refractivity contribution in [1.29, 1.82) is 0 Å². The molecule has 1 aromatic carbocycles. The van der Waals surface area contributed by atoms with E-state index in [0.717, 1.165) is 27.1 Å². The lowest BCUT2D eigenvalue weighted by molar-refractivity contribution is 0.568. The first-order chi connectivity index (χ1) is 10.0. The first-order valence-corrected chi connectivity index (χ1v) is 7.61. The van der Waals surface area contributed by atoms with E-state index in [9.17, 15) is 0 Å². The van der Waals surface area contributed by atoms with Crippen molar-refractivity contribution in [3.63, 3.8) is 0 Å². The highest BCUT2D eigenvalue weighted by Gasteiger charge is 2.12. The third-order valence-corrected chi connectivity index (χ3v) is 4.61. The van der Waals surface area contributed by atoms with E-state index in [1.165, 1.54) is 0 Å². The van der Waals surface area contributed by atoms with Crippen molar-refractivity contribution in [1.82, 2.24) is 14.8 Å². The highest BCUT2D eigenvalue weighted by atomic mass is 79.9. The molecule has 3 aromatic rings. The van der Waals surface area contributed by atoms with Crippen LogP contribution in [0.3, 0.4) is 0 Å². The number of halogens is 2. The topological polar surface area (TPSA) is 43.9 Å². The molecule has 21 heavy (non-hydrogen) atoms. The summed E-state index contributed by atoms with van der Waals surface area (Å²) >= 11 is 9.50. The summed E-state index contributed by atoms with van der Waals surface area (Å²) in [5.74, 6) is 0.563. The molecule has 4 nitrogen and oxygen atoms in total. The fourth-order valence-corrected chi connectivity index (χ4v) is 2.59. The van der Waals surface area contributed by atoms with Crippen molar-refractivity contribution in [3.05, 3.63) is 57.1 Å². The van der Waals surface area contributed by atoms with E-state index in [0.29, 0.717) is 17.5 Å². The van der Waals surface area contributed by atoms with E-state index in [-0.39, 0.29) is 0 Å². The van der Waals surface area contributed by atoms with Crippen LogP contribution in [0.15, 0.2) is 39.4 Å². The molecular formula is C15H13BrClN3O. The molecule has 2 heterocycles. The molecular weight excluding hydrogens is 354 g/mol. The molecule has 0 unspecified atom stereocenters. The monoisotopic (exact) mass is 365 g/mol. The number of hydrogen-bond donors (Lipinski definition) is 0. The van der Waals surface area contributed by atoms with E-state index < -0.39 is 0 Å². The Morgan fingerprint density at radius 3 is 2.81 bits per heavy atom. The first kappa shape index (κ1) is 14.4. The minimum atomic E-state index is 0.563. The van der Waals surface area contributed by atoms with Crippen molar-refractivity contribution >= 4 is 27.5 Å². The van der Waals surface area contributed by atoms with Crippen LogP contribution < -0.4 is 0 Å². The van der Waals surface area contributed by atoms with Gasteiger partial charge in [0.2, 0.25) is 5.89 Å². The number of nitrogens with zero attached hydrogens (tertiary/aromatic N) is 3. The van der Waals surface area contributed by atoms with Crippen LogP contribution in [-0.2, 0) is 6.54 Å². The molecule has 0 aliphatic carbocycles. The lowest BCUT2D eigenvalue weighted by atomic mass is 10.2. The Morgan fingerprint density at radius 2 is 2.14 bits per heavy atom. The Morgan fingerprint density at radius 1 is 1.33 bits per heavy atom. The minimum Gasteiger partial charge on any atom is -0.444 e. The van der Waals surface area contributed by atoms with Crippen LogP contribution in [0.25, 0.3) is 11.5 Å². The average Bonchev–Trinajstić information content (AvgIpc) is 3.01. The van der Waals surface area contributed by atoms with E-state index in [1.54, 1.807) is 6.26 Å². The average molecular weight is 367 g/mol. The van der Waals surface area contributed by atoms with Crippen molar-refractivity contribution in [2.24, 2.45) is 0 Å². The Labute approximate surface area is 135 Å². The van der Waals surface area contributed by atoms with Gasteiger partial charge in [-0.2, -0.15) is 5.10 Å². The standard InChI is InChI=1S/C15H13BrClN3O/c1-9-14(16)10(2)20(19-9)7-13-8-21-15(18-13)11-4-3-5-12(17)6-11/h3-6,8H,7H2,1-2H3. The van der Waals surface area contributed by atoms with Crippen molar-refractivity contribution in [2.75, 3.05) is 0 Å². The van der Waals surface area contributed by atoms with E-state index in [4.69, 9.17) is 16.0 Å². The van der Waals surface area contributed by atoms with Gasteiger partial charge in [0.1, 0.15) is 12.0 Å². The summed E-state index contributed by atoms with van der Waals surface area (Å²) in [6, 6.07) is 7.44. The second kappa shape index (κ2) is 5.66. The maximum Gasteiger partial charge on any atom is 0.226 e. The van der Waals surface area contributed by atoms with Gasteiger partial charge in [0.05, 0.1) is 22.4 Å². The van der Waals surface area contributed by atoms with Crippen molar-refractivity contribution < 1.29 is 4.42 Å². The molecule has 3 rings (SSSR count). The highest BCUT2D eigenvalue weighted by molar-refractivity contribution is 9.10. The number of aryl methyl sites for hydroxylation is 1. The van der Waals surface area contributed by atoms with Gasteiger partial charge >= 0.3 is 0 Å². The van der Waals surface area contributed by atoms with Gasteiger partial charge in [-0.1, -0.05) is 17.7 Å². The lowest BCUT2D eigenvalue weighted by Gasteiger charge is -2.00. The molecule has 6 heteroatoms. The number of benzene rings is 1. The molecule has 0 aliphatic heterocycles. The zero-order valence-electron chi connectivity index (χ0n) is 11.6. The SMILES string of the molecule is Cc1nn(Cc2coc(-c3cccc(Cl)c3)n2)c(C)c1Br. The first-order valence-electron chi connectivity index (χ1n) is 6.44. The summed E-state index contributed by atoms with van der Waals surface area (Å²) < 4.78 is 8.46. The summed E-state index contributed by atoms with van der Waals surface area (Å²) in [6.45, 7) is 4.55. The molecule has 0 saturated heterocycles. The summed E-state index contributed by atoms with van der Waals surface area (Å²) in [6.07, 6.45) is 1.65. The van der Waals surface area contributed by atoms with Crippen molar-refractivity contribution in [3.8, 4) is 11.5 Å². The number of aromatic nitrogens is 3. The van der Waals surface area contributed by atoms with Gasteiger partial charge in [-0.15, -0.1) is 0 Å². The Kier molecular flexibility index (Phi) is 3.87. The van der Waals surface area contributed by atoms with Gasteiger partial charge in [0.15, 0.2) is 0 Å². The van der Waals surface area contributed by atoms with E-state index >= 15 is 0 Å². The predicted octanol–water partition coefficient (Wildman–Crippen LogP) is 4.62. The predicted molar refractivity (Wildman–Crippen MR) is 85.5 cm³/mol. The zero-order chi connectivity index (χ0) is 15.0. The summed E-state index contributed by atoms with van der Waals surface area (Å²) in [5, 5.41) is 5.13. The Balaban J connectivity index is 1.87. The second-order valence-corrected chi connectivity index (χ2v) is 6.03. The zero-order valence-corrected chi connectivity index (χ0v) is 13.9. The molecule has 0 atom stereocenters. The van der Waals surface area contributed by atoms with Crippen LogP contribution in [-0.4, -0.2) is 14.8 Å². The maximum absolute atomic E-state index is 5.98. The fourth-order valence-electron chi connectivity index (χ4n) is 2.12. The van der Waals surface area contributed by atoms with E-state index in [2.05, 4.69) is 26.0 Å². The van der Waals surface area contributed by atoms with Gasteiger partial charge in [-0.25, -0.2) is 4.98 Å². The lowest BCUT2D eigenvalue weighted by Crippen LogP contribution is -2.04. The number of oxazole rings is 1. The summed E-state index contributed by atoms with van der Waals surface area (Å²) in [4.78, 5) is 4.50. The fraction of sp³-hybridized carbons (Fsp3) is 0.200. The summed E-state index contributed by atoms with van der Waals surface area (Å²) in [5.41, 5.74) is 3.72. The second-order valence-electron chi connectivity index (χ2n) is 4.80. The van der Waals surface area contributed by atoms with E-state index in [1.807, 2.05) is 42.8 Å². The maximum atomic E-state index is 5.98. The van der Waals surface area contributed by atoms with Gasteiger partial charge < -0.3 is 4.42 Å². The van der Waals surface area contributed by atoms with Crippen LogP contribution in [0.2, 0.25) is 5.02 Å². The largest absolute Gasteiger partial charge is 0.444 e. The van der Waals surface area contributed by atoms with Crippen LogP contribution in [0, 0.1) is 13.8 Å². The molecule has 0 radical (unpaired) electrons. The Hall–Kier alpha value is -1.59. The van der Waals surface area contributed by atoms with Crippen molar-refractivity contribution in [2.45, 2.75) is 20.4 Å². The molecule has 0 saturated carbocycles. The smallest absolute Gasteiger partial charge is 0.226 e. The summed E-state index contributed by atoms with van der Waals surface area (Å²) in [7, 11) is 0. The quantitative estimate of drug-likeness (QED) is 0.679. The minimum absolute atomic E-state index is 0.563. The van der Waals surface area contributed by atoms with Gasteiger partial charge in [-0.3, -0.25) is 4.68 Å². The number of rotatable bonds is 3. The van der Waals surface area contributed by atoms with Crippen LogP contribution in [0.5, 0.6) is 0 Å². The van der Waals surface area contributed by atoms with Gasteiger partial charge in [0.25, 0.3) is 0 Å². The van der Waals surface area contributed by atoms with Crippen LogP contribution in [0.1, 0.15) is 17.1 Å². The Bertz CT molecular complexity index is 794. The normalized spacial score (nSPS) is 11.0. The van der Waals surface area contributed by atoms with Crippen LogP contribution in [0.4, 0.5) is 0 Å². The third kappa shape index (κ3) is 2.89. The molecule has 0 N–H and O–H groups in total. The molecule has 0 aliphatic rings. The third-order valence-electron chi connectivity index (χ3n) is 3.23. The molecule has 108 valence electrons. The van der Waals surface area contributed by atoms with Gasteiger partial charge in [0, 0.05) is 10.6 Å². The van der Waals surface area contributed by atoms with Gasteiger partial charge in [-0.05, 0) is 48.0 Å². The molecule has 0 amide bonds. The molecule has 0 spiro atoms. The molecule has 0 fully saturated rings. The molecule has 2 aromatic heterocycles.